The van der Waals surface area contributed by atoms with Crippen LogP contribution in [-0.2, 0) is 0 Å². The molecule has 0 radical (unpaired) electrons. The number of benzene rings is 8. The van der Waals surface area contributed by atoms with Crippen molar-refractivity contribution in [3.8, 4) is 45.3 Å². The van der Waals surface area contributed by atoms with Crippen LogP contribution in [0.1, 0.15) is 0 Å². The van der Waals surface area contributed by atoms with E-state index in [0.29, 0.717) is 17.5 Å². The molecule has 0 N–H and O–H groups in total. The van der Waals surface area contributed by atoms with Crippen LogP contribution < -0.4 is 0 Å². The summed E-state index contributed by atoms with van der Waals surface area (Å²) in [4.78, 5) is 15.6. The highest BCUT2D eigenvalue weighted by Gasteiger charge is 2.19. The molecule has 0 saturated carbocycles. The van der Waals surface area contributed by atoms with Crippen molar-refractivity contribution in [2.75, 3.05) is 0 Å². The number of hydrogen-bond acceptors (Lipinski definition) is 4. The predicted octanol–water partition coefficient (Wildman–Crippen LogP) is 11.9. The molecule has 0 bridgehead atoms. The lowest BCUT2D eigenvalue weighted by Crippen LogP contribution is -2.01. The second-order valence-corrected chi connectivity index (χ2v) is 12.4. The zero-order valence-electron chi connectivity index (χ0n) is 26.3. The lowest BCUT2D eigenvalue weighted by atomic mass is 9.96. The number of hydrogen-bond donors (Lipinski definition) is 0. The molecule has 0 amide bonds. The van der Waals surface area contributed by atoms with Crippen LogP contribution in [0.4, 0.5) is 0 Å². The molecule has 0 aliphatic carbocycles. The van der Waals surface area contributed by atoms with Crippen molar-refractivity contribution in [2.24, 2.45) is 0 Å². The van der Waals surface area contributed by atoms with Gasteiger partial charge in [-0.15, -0.1) is 0 Å². The van der Waals surface area contributed by atoms with Gasteiger partial charge in [-0.2, -0.15) is 0 Å². The normalized spacial score (nSPS) is 11.7. The van der Waals surface area contributed by atoms with Crippen LogP contribution in [-0.4, -0.2) is 15.0 Å². The van der Waals surface area contributed by atoms with E-state index in [-0.39, 0.29) is 0 Å². The number of rotatable bonds is 4. The van der Waals surface area contributed by atoms with E-state index in [9.17, 15) is 0 Å². The minimum absolute atomic E-state index is 0.605. The average Bonchev–Trinajstić information content (AvgIpc) is 3.56. The fourth-order valence-corrected chi connectivity index (χ4v) is 7.14. The van der Waals surface area contributed by atoms with Crippen LogP contribution in [0.25, 0.3) is 99.5 Å². The first kappa shape index (κ1) is 27.5. The van der Waals surface area contributed by atoms with Crippen molar-refractivity contribution >= 4 is 54.3 Å². The number of para-hydroxylation sites is 1. The zero-order chi connectivity index (χ0) is 32.3. The Morgan fingerprint density at radius 3 is 1.78 bits per heavy atom. The van der Waals surface area contributed by atoms with Gasteiger partial charge in [0.1, 0.15) is 11.2 Å². The monoisotopic (exact) mass is 625 g/mol. The van der Waals surface area contributed by atoms with Crippen molar-refractivity contribution in [3.05, 3.63) is 164 Å². The Bertz CT molecular complexity index is 2890. The first-order valence-corrected chi connectivity index (χ1v) is 16.4. The standard InChI is InChI=1S/C45H27N3O/c1-2-11-28(12-3-1)29-21-22-31-26-33(24-23-30(31)25-29)43-46-44(38-18-10-20-41-42(38)37-17-8-9-19-40(37)49-41)48-45(47-43)39-27-32-13-4-5-14-34(32)35-15-6-7-16-36(35)39/h1-27H. The van der Waals surface area contributed by atoms with Crippen molar-refractivity contribution in [1.82, 2.24) is 15.0 Å². The van der Waals surface area contributed by atoms with Crippen molar-refractivity contribution in [3.63, 3.8) is 0 Å². The molecule has 49 heavy (non-hydrogen) atoms. The molecule has 0 fully saturated rings. The van der Waals surface area contributed by atoms with Crippen LogP contribution in [0.3, 0.4) is 0 Å². The molecule has 4 nitrogen and oxygen atoms in total. The lowest BCUT2D eigenvalue weighted by Gasteiger charge is -2.13. The highest BCUT2D eigenvalue weighted by Crippen LogP contribution is 2.39. The van der Waals surface area contributed by atoms with E-state index in [1.54, 1.807) is 0 Å². The summed E-state index contributed by atoms with van der Waals surface area (Å²) in [5, 5.41) is 8.93. The molecule has 0 saturated heterocycles. The molecular weight excluding hydrogens is 599 g/mol. The minimum Gasteiger partial charge on any atom is -0.456 e. The van der Waals surface area contributed by atoms with E-state index in [0.717, 1.165) is 60.2 Å². The maximum Gasteiger partial charge on any atom is 0.164 e. The molecule has 8 aromatic carbocycles. The Morgan fingerprint density at radius 1 is 0.327 bits per heavy atom. The van der Waals surface area contributed by atoms with E-state index < -0.39 is 0 Å². The molecule has 0 aliphatic heterocycles. The van der Waals surface area contributed by atoms with Gasteiger partial charge in [0.25, 0.3) is 0 Å². The van der Waals surface area contributed by atoms with Gasteiger partial charge in [-0.25, -0.2) is 15.0 Å². The fraction of sp³-hybridized carbons (Fsp3) is 0. The van der Waals surface area contributed by atoms with Crippen LogP contribution in [0, 0.1) is 0 Å². The van der Waals surface area contributed by atoms with Crippen LogP contribution in [0.15, 0.2) is 168 Å². The van der Waals surface area contributed by atoms with Crippen molar-refractivity contribution in [2.45, 2.75) is 0 Å². The van der Waals surface area contributed by atoms with Gasteiger partial charge >= 0.3 is 0 Å². The third-order valence-corrected chi connectivity index (χ3v) is 9.49. The van der Waals surface area contributed by atoms with Gasteiger partial charge in [0, 0.05) is 27.5 Å². The summed E-state index contributed by atoms with van der Waals surface area (Å²) in [5.74, 6) is 1.86. The van der Waals surface area contributed by atoms with E-state index in [1.165, 1.54) is 21.9 Å². The summed E-state index contributed by atoms with van der Waals surface area (Å²) in [6.07, 6.45) is 0. The molecule has 2 heterocycles. The van der Waals surface area contributed by atoms with Gasteiger partial charge in [0.05, 0.1) is 0 Å². The van der Waals surface area contributed by atoms with E-state index in [1.807, 2.05) is 36.4 Å². The zero-order valence-corrected chi connectivity index (χ0v) is 26.3. The predicted molar refractivity (Wildman–Crippen MR) is 201 cm³/mol. The Labute approximate surface area is 282 Å². The van der Waals surface area contributed by atoms with Gasteiger partial charge in [-0.3, -0.25) is 0 Å². The summed E-state index contributed by atoms with van der Waals surface area (Å²) in [5.41, 5.74) is 6.84. The fourth-order valence-electron chi connectivity index (χ4n) is 7.14. The molecule has 0 spiro atoms. The average molecular weight is 626 g/mol. The molecule has 0 atom stereocenters. The first-order chi connectivity index (χ1) is 24.3. The van der Waals surface area contributed by atoms with Crippen molar-refractivity contribution < 1.29 is 4.42 Å². The Kier molecular flexibility index (Phi) is 6.15. The van der Waals surface area contributed by atoms with Gasteiger partial charge < -0.3 is 4.42 Å². The van der Waals surface area contributed by atoms with Gasteiger partial charge in [0.15, 0.2) is 17.5 Å². The second-order valence-electron chi connectivity index (χ2n) is 12.4. The molecule has 0 aliphatic rings. The highest BCUT2D eigenvalue weighted by molar-refractivity contribution is 6.14. The summed E-state index contributed by atoms with van der Waals surface area (Å²) < 4.78 is 6.27. The number of fused-ring (bicyclic) bond motifs is 7. The second kappa shape index (κ2) is 11.0. The summed E-state index contributed by atoms with van der Waals surface area (Å²) in [6, 6.07) is 57.0. The summed E-state index contributed by atoms with van der Waals surface area (Å²) in [6.45, 7) is 0. The molecular formula is C45H27N3O. The van der Waals surface area contributed by atoms with Crippen LogP contribution in [0.2, 0.25) is 0 Å². The largest absolute Gasteiger partial charge is 0.456 e. The number of aromatic nitrogens is 3. The Hall–Kier alpha value is -6.65. The van der Waals surface area contributed by atoms with Gasteiger partial charge in [-0.05, 0) is 73.8 Å². The first-order valence-electron chi connectivity index (χ1n) is 16.4. The maximum absolute atomic E-state index is 6.27. The molecule has 10 aromatic rings. The molecule has 4 heteroatoms. The quantitative estimate of drug-likeness (QED) is 0.183. The summed E-state index contributed by atoms with van der Waals surface area (Å²) >= 11 is 0. The highest BCUT2D eigenvalue weighted by atomic mass is 16.3. The Balaban J connectivity index is 1.22. The van der Waals surface area contributed by atoms with Crippen molar-refractivity contribution in [1.29, 1.82) is 0 Å². The topological polar surface area (TPSA) is 51.8 Å². The maximum atomic E-state index is 6.27. The summed E-state index contributed by atoms with van der Waals surface area (Å²) in [7, 11) is 0. The third kappa shape index (κ3) is 4.57. The van der Waals surface area contributed by atoms with E-state index >= 15 is 0 Å². The number of nitrogens with zero attached hydrogens (tertiary/aromatic N) is 3. The van der Waals surface area contributed by atoms with Crippen LogP contribution >= 0.6 is 0 Å². The molecule has 10 rings (SSSR count). The SMILES string of the molecule is c1ccc(-c2ccc3cc(-c4nc(-c5cc6ccccc6c6ccccc56)nc(-c5cccc6oc7ccccc7c56)n4)ccc3c2)cc1. The molecule has 228 valence electrons. The smallest absolute Gasteiger partial charge is 0.164 e. The van der Waals surface area contributed by atoms with Gasteiger partial charge in [-0.1, -0.05) is 133 Å². The van der Waals surface area contributed by atoms with Crippen LogP contribution in [0.5, 0.6) is 0 Å². The minimum atomic E-state index is 0.605. The van der Waals surface area contributed by atoms with Gasteiger partial charge in [0.2, 0.25) is 0 Å². The third-order valence-electron chi connectivity index (χ3n) is 9.49. The Morgan fingerprint density at radius 2 is 0.939 bits per heavy atom. The lowest BCUT2D eigenvalue weighted by molar-refractivity contribution is 0.669. The van der Waals surface area contributed by atoms with E-state index in [4.69, 9.17) is 19.4 Å². The molecule has 0 unspecified atom stereocenters. The molecule has 2 aromatic heterocycles. The number of furan rings is 1. The van der Waals surface area contributed by atoms with E-state index in [2.05, 4.69) is 127 Å².